The number of piperidine rings is 1. The highest BCUT2D eigenvalue weighted by atomic mass is 32.1. The van der Waals surface area contributed by atoms with E-state index in [1.165, 1.54) is 34.4 Å². The van der Waals surface area contributed by atoms with Gasteiger partial charge < -0.3 is 15.2 Å². The third kappa shape index (κ3) is 7.26. The molecule has 2 aromatic heterocycles. The minimum absolute atomic E-state index is 0.120. The molecule has 2 N–H and O–H groups in total. The van der Waals surface area contributed by atoms with Crippen LogP contribution in [-0.4, -0.2) is 57.2 Å². The molecule has 0 bridgehead atoms. The minimum Gasteiger partial charge on any atom is -0.658 e. The Morgan fingerprint density at radius 2 is 2.09 bits per heavy atom. The molecule has 1 aliphatic carbocycles. The van der Waals surface area contributed by atoms with Gasteiger partial charge in [-0.05, 0) is 37.0 Å². The Kier molecular flexibility index (Phi) is 7.72. The molecule has 2 aliphatic rings. The minimum atomic E-state index is -4.66. The first kappa shape index (κ1) is 25.1. The number of fused-ring (bicyclic) bond motifs is 1. The van der Waals surface area contributed by atoms with Crippen molar-refractivity contribution < 1.29 is 27.8 Å². The molecule has 3 aromatic rings. The zero-order valence-electron chi connectivity index (χ0n) is 18.9. The molecule has 1 aromatic carbocycles. The van der Waals surface area contributed by atoms with Crippen LogP contribution in [0.4, 0.5) is 13.2 Å². The molecule has 1 aliphatic heterocycles. The summed E-state index contributed by atoms with van der Waals surface area (Å²) in [5.41, 5.74) is 4.50. The van der Waals surface area contributed by atoms with Gasteiger partial charge in [0, 0.05) is 30.7 Å². The average Bonchev–Trinajstić information content (AvgIpc) is 3.29. The Labute approximate surface area is 204 Å². The molecule has 2 unspecified atom stereocenters. The predicted octanol–water partition coefficient (Wildman–Crippen LogP) is 4.71. The molecule has 2 fully saturated rings. The molecule has 0 radical (unpaired) electrons. The van der Waals surface area contributed by atoms with Crippen molar-refractivity contribution in [1.29, 1.82) is 0 Å². The van der Waals surface area contributed by atoms with Crippen LogP contribution in [0.5, 0.6) is 5.75 Å². The SMILES string of the molecule is Cc1cc(CN2CC3C(C[N-]Cc4cccc(OC(F)(F)F)c4)C3C2)n[nH]1.O=C(O)c1cscn1. The fraction of sp³-hybridized carbons (Fsp3) is 0.435. The van der Waals surface area contributed by atoms with Gasteiger partial charge in [-0.3, -0.25) is 10.00 Å². The van der Waals surface area contributed by atoms with E-state index < -0.39 is 12.3 Å². The van der Waals surface area contributed by atoms with Gasteiger partial charge in [0.1, 0.15) is 5.75 Å². The first-order chi connectivity index (χ1) is 16.7. The van der Waals surface area contributed by atoms with E-state index in [2.05, 4.69) is 36.2 Å². The molecule has 1 saturated carbocycles. The van der Waals surface area contributed by atoms with E-state index in [1.807, 2.05) is 6.92 Å². The molecule has 188 valence electrons. The van der Waals surface area contributed by atoms with Gasteiger partial charge in [-0.1, -0.05) is 23.6 Å². The van der Waals surface area contributed by atoms with Crippen LogP contribution in [0.15, 0.2) is 41.2 Å². The quantitative estimate of drug-likeness (QED) is 0.457. The van der Waals surface area contributed by atoms with E-state index in [0.717, 1.165) is 43.1 Å². The smallest absolute Gasteiger partial charge is 0.573 e. The summed E-state index contributed by atoms with van der Waals surface area (Å²) >= 11 is 1.28. The number of thiazole rings is 1. The molecule has 0 spiro atoms. The number of benzene rings is 1. The summed E-state index contributed by atoms with van der Waals surface area (Å²) in [6, 6.07) is 8.11. The lowest BCUT2D eigenvalue weighted by molar-refractivity contribution is -0.274. The van der Waals surface area contributed by atoms with Crippen LogP contribution in [0.3, 0.4) is 0 Å². The molecule has 8 nitrogen and oxygen atoms in total. The van der Waals surface area contributed by atoms with Gasteiger partial charge in [0.25, 0.3) is 0 Å². The van der Waals surface area contributed by atoms with E-state index in [9.17, 15) is 18.0 Å². The number of rotatable bonds is 8. The first-order valence-electron chi connectivity index (χ1n) is 11.0. The number of alkyl halides is 3. The van der Waals surface area contributed by atoms with Crippen molar-refractivity contribution in [3.63, 3.8) is 0 Å². The first-order valence-corrected chi connectivity index (χ1v) is 11.9. The lowest BCUT2D eigenvalue weighted by atomic mass is 10.2. The Morgan fingerprint density at radius 3 is 2.66 bits per heavy atom. The number of likely N-dealkylation sites (tertiary alicyclic amines) is 1. The molecule has 3 heterocycles. The number of nitrogens with zero attached hydrogens (tertiary/aromatic N) is 4. The highest BCUT2D eigenvalue weighted by molar-refractivity contribution is 7.07. The highest BCUT2D eigenvalue weighted by Crippen LogP contribution is 2.52. The normalized spacial score (nSPS) is 21.2. The van der Waals surface area contributed by atoms with Crippen molar-refractivity contribution in [3.05, 3.63) is 69.2 Å². The van der Waals surface area contributed by atoms with Gasteiger partial charge in [-0.15, -0.1) is 37.6 Å². The van der Waals surface area contributed by atoms with Gasteiger partial charge in [-0.25, -0.2) is 9.78 Å². The van der Waals surface area contributed by atoms with Crippen molar-refractivity contribution in [2.75, 3.05) is 19.6 Å². The molecule has 5 rings (SSSR count). The molecule has 12 heteroatoms. The van der Waals surface area contributed by atoms with Crippen LogP contribution in [0.2, 0.25) is 0 Å². The van der Waals surface area contributed by atoms with Gasteiger partial charge in [-0.2, -0.15) is 5.10 Å². The van der Waals surface area contributed by atoms with Crippen molar-refractivity contribution in [3.8, 4) is 5.75 Å². The van der Waals surface area contributed by atoms with E-state index in [0.29, 0.717) is 24.3 Å². The molecular weight excluding hydrogens is 483 g/mol. The van der Waals surface area contributed by atoms with Crippen molar-refractivity contribution in [2.24, 2.45) is 17.8 Å². The summed E-state index contributed by atoms with van der Waals surface area (Å²) in [6.45, 7) is 6.22. The lowest BCUT2D eigenvalue weighted by Crippen LogP contribution is -2.24. The molecule has 35 heavy (non-hydrogen) atoms. The summed E-state index contributed by atoms with van der Waals surface area (Å²) in [6.07, 6.45) is -4.66. The Bertz CT molecular complexity index is 1110. The summed E-state index contributed by atoms with van der Waals surface area (Å²) in [4.78, 5) is 16.0. The molecule has 0 amide bonds. The number of carboxylic acid groups (broad SMARTS) is 1. The maximum atomic E-state index is 12.3. The van der Waals surface area contributed by atoms with Crippen LogP contribution >= 0.6 is 11.3 Å². The van der Waals surface area contributed by atoms with Gasteiger partial charge in [0.15, 0.2) is 5.69 Å². The lowest BCUT2D eigenvalue weighted by Gasteiger charge is -2.23. The number of hydrogen-bond donors (Lipinski definition) is 2. The van der Waals surface area contributed by atoms with E-state index in [1.54, 1.807) is 12.1 Å². The Balaban J connectivity index is 0.000000308. The summed E-state index contributed by atoms with van der Waals surface area (Å²) in [7, 11) is 0. The van der Waals surface area contributed by atoms with Crippen molar-refractivity contribution >= 4 is 17.3 Å². The molecule has 2 atom stereocenters. The van der Waals surface area contributed by atoms with Gasteiger partial charge >= 0.3 is 12.3 Å². The number of ether oxygens (including phenoxy) is 1. The second-order valence-electron chi connectivity index (χ2n) is 8.67. The number of carbonyl (C=O) groups is 1. The summed E-state index contributed by atoms with van der Waals surface area (Å²) in [5.74, 6) is 0.827. The fourth-order valence-corrected chi connectivity index (χ4v) is 4.95. The molecular formula is C23H25F3N5O3S-. The van der Waals surface area contributed by atoms with E-state index in [4.69, 9.17) is 5.11 Å². The number of nitrogens with one attached hydrogen (secondary N) is 1. The predicted molar refractivity (Wildman–Crippen MR) is 123 cm³/mol. The average molecular weight is 509 g/mol. The summed E-state index contributed by atoms with van der Waals surface area (Å²) < 4.78 is 40.8. The maximum Gasteiger partial charge on any atom is 0.573 e. The number of aryl methyl sites for hydroxylation is 1. The third-order valence-electron chi connectivity index (χ3n) is 6.01. The largest absolute Gasteiger partial charge is 0.658 e. The number of halogens is 3. The Hall–Kier alpha value is -2.96. The Morgan fingerprint density at radius 1 is 1.31 bits per heavy atom. The maximum absolute atomic E-state index is 12.3. The molecule has 1 saturated heterocycles. The van der Waals surface area contributed by atoms with Gasteiger partial charge in [0.05, 0.1) is 11.2 Å². The number of aromatic amines is 1. The number of H-pyrrole nitrogens is 1. The van der Waals surface area contributed by atoms with Crippen molar-refractivity contribution in [2.45, 2.75) is 26.4 Å². The standard InChI is InChI=1S/C19H22F3N4O.C4H3NO2S/c1-12-5-14(25-24-12)9-26-10-17-16(18(17)11-26)8-23-7-13-3-2-4-15(6-13)27-19(20,21)22;6-4(7)3-1-8-2-5-3/h2-6,16-18H,7-11H2,1H3,(H,24,25);1-2H,(H,6,7)/q-1;. The van der Waals surface area contributed by atoms with Gasteiger partial charge in [0.2, 0.25) is 0 Å². The zero-order chi connectivity index (χ0) is 25.0. The highest BCUT2D eigenvalue weighted by Gasteiger charge is 2.53. The number of aromatic nitrogens is 3. The number of aromatic carboxylic acids is 1. The van der Waals surface area contributed by atoms with Crippen LogP contribution in [-0.2, 0) is 13.1 Å². The topological polar surface area (TPSA) is 105 Å². The summed E-state index contributed by atoms with van der Waals surface area (Å²) in [5, 5.41) is 21.5. The monoisotopic (exact) mass is 508 g/mol. The van der Waals surface area contributed by atoms with Crippen LogP contribution in [0, 0.1) is 24.7 Å². The second kappa shape index (κ2) is 10.8. The van der Waals surface area contributed by atoms with Crippen LogP contribution in [0.1, 0.15) is 27.4 Å². The van der Waals surface area contributed by atoms with E-state index in [-0.39, 0.29) is 11.4 Å². The fourth-order valence-electron chi connectivity index (χ4n) is 4.42. The number of carboxylic acids is 1. The van der Waals surface area contributed by atoms with Crippen LogP contribution in [0.25, 0.3) is 5.32 Å². The number of hydrogen-bond acceptors (Lipinski definition) is 6. The van der Waals surface area contributed by atoms with Crippen molar-refractivity contribution in [1.82, 2.24) is 20.1 Å². The van der Waals surface area contributed by atoms with Crippen LogP contribution < -0.4 is 4.74 Å². The zero-order valence-corrected chi connectivity index (χ0v) is 19.7. The van der Waals surface area contributed by atoms with E-state index >= 15 is 0 Å². The third-order valence-corrected chi connectivity index (χ3v) is 6.60. The second-order valence-corrected chi connectivity index (χ2v) is 9.38.